The van der Waals surface area contributed by atoms with Crippen LogP contribution < -0.4 is 9.64 Å². The average molecular weight is 384 g/mol. The van der Waals surface area contributed by atoms with Crippen molar-refractivity contribution in [3.8, 4) is 17.0 Å². The third kappa shape index (κ3) is 3.53. The number of methoxy groups -OCH3 is 1. The summed E-state index contributed by atoms with van der Waals surface area (Å²) in [7, 11) is 3.59. The van der Waals surface area contributed by atoms with Gasteiger partial charge in [0.05, 0.1) is 13.7 Å². The predicted molar refractivity (Wildman–Crippen MR) is 100 cm³/mol. The quantitative estimate of drug-likeness (QED) is 0.641. The minimum Gasteiger partial charge on any atom is -0.497 e. The van der Waals surface area contributed by atoms with E-state index in [1.54, 1.807) is 38.3 Å². The summed E-state index contributed by atoms with van der Waals surface area (Å²) in [5, 5.41) is 3.91. The Balaban J connectivity index is 1.44. The molecule has 146 valence electrons. The largest absolute Gasteiger partial charge is 0.497 e. The van der Waals surface area contributed by atoms with Gasteiger partial charge in [0, 0.05) is 31.6 Å². The first-order chi connectivity index (χ1) is 13.5. The van der Waals surface area contributed by atoms with E-state index in [4.69, 9.17) is 9.26 Å². The Hall–Kier alpha value is -3.07. The van der Waals surface area contributed by atoms with Crippen LogP contribution in [0.4, 0.5) is 10.2 Å². The van der Waals surface area contributed by atoms with Gasteiger partial charge in [-0.3, -0.25) is 4.90 Å². The van der Waals surface area contributed by atoms with Crippen molar-refractivity contribution in [2.24, 2.45) is 0 Å². The standard InChI is InChI=1S/C19H21FN6O2/c1-12-23-16(24-28-12)10-25(2)14-8-26(9-14)19-17(20)18(21-11-22-19)13-4-6-15(27-3)7-5-13/h4-7,11,14H,8-10H2,1-3H3. The van der Waals surface area contributed by atoms with Gasteiger partial charge >= 0.3 is 0 Å². The van der Waals surface area contributed by atoms with E-state index in [0.29, 0.717) is 48.5 Å². The maximum absolute atomic E-state index is 15.0. The zero-order valence-corrected chi connectivity index (χ0v) is 16.0. The monoisotopic (exact) mass is 384 g/mol. The Labute approximate surface area is 162 Å². The summed E-state index contributed by atoms with van der Waals surface area (Å²) in [6.45, 7) is 3.69. The van der Waals surface area contributed by atoms with Crippen LogP contribution in [0.25, 0.3) is 11.3 Å². The van der Waals surface area contributed by atoms with Gasteiger partial charge in [-0.2, -0.15) is 4.98 Å². The summed E-state index contributed by atoms with van der Waals surface area (Å²) in [5.74, 6) is 1.81. The van der Waals surface area contributed by atoms with Crippen LogP contribution in [0.1, 0.15) is 11.7 Å². The summed E-state index contributed by atoms with van der Waals surface area (Å²) >= 11 is 0. The third-order valence-corrected chi connectivity index (χ3v) is 4.88. The molecule has 0 spiro atoms. The Morgan fingerprint density at radius 3 is 2.64 bits per heavy atom. The number of aryl methyl sites for hydroxylation is 1. The smallest absolute Gasteiger partial charge is 0.223 e. The number of halogens is 1. The first-order valence-corrected chi connectivity index (χ1v) is 8.94. The van der Waals surface area contributed by atoms with Gasteiger partial charge in [-0.15, -0.1) is 0 Å². The molecule has 3 heterocycles. The molecule has 2 aromatic heterocycles. The second-order valence-electron chi connectivity index (χ2n) is 6.79. The maximum atomic E-state index is 15.0. The Kier molecular flexibility index (Phi) is 4.91. The number of hydrogen-bond donors (Lipinski definition) is 0. The normalized spacial score (nSPS) is 14.4. The summed E-state index contributed by atoms with van der Waals surface area (Å²) < 4.78 is 25.2. The fraction of sp³-hybridized carbons (Fsp3) is 0.368. The number of anilines is 1. The number of likely N-dealkylation sites (N-methyl/N-ethyl adjacent to an activating group) is 1. The van der Waals surface area contributed by atoms with Gasteiger partial charge < -0.3 is 14.2 Å². The molecule has 1 aromatic carbocycles. The van der Waals surface area contributed by atoms with Crippen molar-refractivity contribution in [1.29, 1.82) is 0 Å². The lowest BCUT2D eigenvalue weighted by Gasteiger charge is -2.44. The molecular weight excluding hydrogens is 363 g/mol. The van der Waals surface area contributed by atoms with E-state index < -0.39 is 5.82 Å². The van der Waals surface area contributed by atoms with Crippen molar-refractivity contribution < 1.29 is 13.7 Å². The molecule has 3 aromatic rings. The summed E-state index contributed by atoms with van der Waals surface area (Å²) in [6.07, 6.45) is 1.40. The molecule has 1 saturated heterocycles. The molecule has 0 radical (unpaired) electrons. The van der Waals surface area contributed by atoms with Crippen LogP contribution in [0.15, 0.2) is 35.1 Å². The van der Waals surface area contributed by atoms with E-state index >= 15 is 4.39 Å². The molecule has 9 heteroatoms. The van der Waals surface area contributed by atoms with E-state index in [2.05, 4.69) is 25.0 Å². The lowest BCUT2D eigenvalue weighted by atomic mass is 10.1. The zero-order chi connectivity index (χ0) is 19.7. The van der Waals surface area contributed by atoms with Crippen molar-refractivity contribution in [2.45, 2.75) is 19.5 Å². The molecular formula is C19H21FN6O2. The van der Waals surface area contributed by atoms with E-state index in [-0.39, 0.29) is 11.7 Å². The first kappa shape index (κ1) is 18.3. The fourth-order valence-electron chi connectivity index (χ4n) is 3.20. The highest BCUT2D eigenvalue weighted by atomic mass is 19.1. The highest BCUT2D eigenvalue weighted by Gasteiger charge is 2.33. The maximum Gasteiger partial charge on any atom is 0.223 e. The number of aromatic nitrogens is 4. The van der Waals surface area contributed by atoms with Gasteiger partial charge in [-0.25, -0.2) is 14.4 Å². The second-order valence-corrected chi connectivity index (χ2v) is 6.79. The Morgan fingerprint density at radius 1 is 1.25 bits per heavy atom. The average Bonchev–Trinajstić information content (AvgIpc) is 3.06. The van der Waals surface area contributed by atoms with Gasteiger partial charge in [0.15, 0.2) is 17.5 Å². The summed E-state index contributed by atoms with van der Waals surface area (Å²) in [5.41, 5.74) is 0.968. The van der Waals surface area contributed by atoms with Crippen LogP contribution >= 0.6 is 0 Å². The van der Waals surface area contributed by atoms with Gasteiger partial charge in [0.2, 0.25) is 5.89 Å². The highest BCUT2D eigenvalue weighted by Crippen LogP contribution is 2.30. The summed E-state index contributed by atoms with van der Waals surface area (Å²) in [4.78, 5) is 16.5. The second kappa shape index (κ2) is 7.51. The van der Waals surface area contributed by atoms with E-state index in [1.165, 1.54) is 6.33 Å². The van der Waals surface area contributed by atoms with Crippen LogP contribution in [0.5, 0.6) is 5.75 Å². The molecule has 0 bridgehead atoms. The lowest BCUT2D eigenvalue weighted by molar-refractivity contribution is 0.189. The molecule has 0 amide bonds. The van der Waals surface area contributed by atoms with E-state index in [0.717, 1.165) is 0 Å². The van der Waals surface area contributed by atoms with Crippen molar-refractivity contribution in [3.63, 3.8) is 0 Å². The van der Waals surface area contributed by atoms with Crippen LogP contribution in [-0.4, -0.2) is 58.3 Å². The molecule has 0 aliphatic carbocycles. The predicted octanol–water partition coefficient (Wildman–Crippen LogP) is 2.30. The van der Waals surface area contributed by atoms with E-state index in [1.807, 2.05) is 11.9 Å². The number of nitrogens with zero attached hydrogens (tertiary/aromatic N) is 6. The molecule has 8 nitrogen and oxygen atoms in total. The van der Waals surface area contributed by atoms with Crippen molar-refractivity contribution in [1.82, 2.24) is 25.0 Å². The molecule has 0 saturated carbocycles. The number of benzene rings is 1. The summed E-state index contributed by atoms with van der Waals surface area (Å²) in [6, 6.07) is 7.40. The Bertz CT molecular complexity index is 955. The van der Waals surface area contributed by atoms with Crippen molar-refractivity contribution >= 4 is 5.82 Å². The van der Waals surface area contributed by atoms with Crippen molar-refractivity contribution in [3.05, 3.63) is 48.1 Å². The van der Waals surface area contributed by atoms with Crippen LogP contribution in [0.2, 0.25) is 0 Å². The zero-order valence-electron chi connectivity index (χ0n) is 16.0. The SMILES string of the molecule is COc1ccc(-c2ncnc(N3CC(N(C)Cc4noc(C)n4)C3)c2F)cc1. The molecule has 4 rings (SSSR count). The molecule has 1 aliphatic rings. The molecule has 1 fully saturated rings. The topological polar surface area (TPSA) is 80.4 Å². The van der Waals surface area contributed by atoms with E-state index in [9.17, 15) is 0 Å². The molecule has 1 aliphatic heterocycles. The molecule has 0 unspecified atom stereocenters. The van der Waals surface area contributed by atoms with Gasteiger partial charge in [0.1, 0.15) is 17.8 Å². The van der Waals surface area contributed by atoms with Gasteiger partial charge in [-0.05, 0) is 31.3 Å². The molecule has 28 heavy (non-hydrogen) atoms. The number of ether oxygens (including phenoxy) is 1. The molecule has 0 N–H and O–H groups in total. The van der Waals surface area contributed by atoms with Gasteiger partial charge in [0.25, 0.3) is 0 Å². The Morgan fingerprint density at radius 2 is 2.00 bits per heavy atom. The highest BCUT2D eigenvalue weighted by molar-refractivity contribution is 5.65. The van der Waals surface area contributed by atoms with Crippen LogP contribution in [-0.2, 0) is 6.54 Å². The fourth-order valence-corrected chi connectivity index (χ4v) is 3.20. The van der Waals surface area contributed by atoms with Crippen LogP contribution in [0.3, 0.4) is 0 Å². The first-order valence-electron chi connectivity index (χ1n) is 8.94. The molecule has 0 atom stereocenters. The number of rotatable bonds is 6. The third-order valence-electron chi connectivity index (χ3n) is 4.88. The number of hydrogen-bond acceptors (Lipinski definition) is 8. The van der Waals surface area contributed by atoms with Crippen LogP contribution in [0, 0.1) is 12.7 Å². The minimum absolute atomic E-state index is 0.262. The lowest BCUT2D eigenvalue weighted by Crippen LogP contribution is -2.58. The van der Waals surface area contributed by atoms with Crippen molar-refractivity contribution in [2.75, 3.05) is 32.1 Å². The minimum atomic E-state index is -0.414. The van der Waals surface area contributed by atoms with Gasteiger partial charge in [-0.1, -0.05) is 5.16 Å².